The third-order valence-corrected chi connectivity index (χ3v) is 6.01. The van der Waals surface area contributed by atoms with Gasteiger partial charge in [-0.15, -0.1) is 0 Å². The molecule has 1 heterocycles. The Morgan fingerprint density at radius 3 is 2.55 bits per heavy atom. The highest BCUT2D eigenvalue weighted by Gasteiger charge is 2.23. The number of aliphatic hydroxyl groups is 1. The first-order valence-electron chi connectivity index (χ1n) is 9.92. The number of aromatic nitrogens is 1. The first kappa shape index (κ1) is 21.7. The first-order chi connectivity index (χ1) is 13.7. The Morgan fingerprint density at radius 2 is 1.93 bits per heavy atom. The molecule has 158 valence electrons. The molecule has 1 fully saturated rings. The third-order valence-electron chi connectivity index (χ3n) is 4.95. The maximum Gasteiger partial charge on any atom is 0.299 e. The second kappa shape index (κ2) is 9.21. The summed E-state index contributed by atoms with van der Waals surface area (Å²) in [6, 6.07) is 11.0. The summed E-state index contributed by atoms with van der Waals surface area (Å²) in [5.74, 6) is 0.486. The topological polar surface area (TPSA) is 103 Å². The van der Waals surface area contributed by atoms with Crippen LogP contribution >= 0.6 is 0 Å². The molecule has 0 bridgehead atoms. The van der Waals surface area contributed by atoms with Crippen LogP contribution in [0.1, 0.15) is 43.9 Å². The van der Waals surface area contributed by atoms with Gasteiger partial charge in [0.2, 0.25) is 0 Å². The van der Waals surface area contributed by atoms with Crippen LogP contribution in [0, 0.1) is 5.92 Å². The molecule has 1 aromatic carbocycles. The highest BCUT2D eigenvalue weighted by molar-refractivity contribution is 7.90. The van der Waals surface area contributed by atoms with Gasteiger partial charge < -0.3 is 10.4 Å². The number of rotatable bonds is 11. The number of hydrogen-bond acceptors (Lipinski definition) is 5. The lowest BCUT2D eigenvalue weighted by Gasteiger charge is -2.28. The van der Waals surface area contributed by atoms with Crippen LogP contribution in [-0.4, -0.2) is 37.1 Å². The van der Waals surface area contributed by atoms with Gasteiger partial charge in [-0.25, -0.2) is 0 Å². The molecule has 0 unspecified atom stereocenters. The number of nitrogens with zero attached hydrogens (tertiary/aromatic N) is 1. The Bertz CT molecular complexity index is 882. The molecule has 1 saturated carbocycles. The van der Waals surface area contributed by atoms with Gasteiger partial charge in [0.25, 0.3) is 10.2 Å². The van der Waals surface area contributed by atoms with Crippen LogP contribution in [-0.2, 0) is 16.6 Å². The van der Waals surface area contributed by atoms with E-state index < -0.39 is 16.3 Å². The summed E-state index contributed by atoms with van der Waals surface area (Å²) in [5.41, 5.74) is 2.15. The fourth-order valence-electron chi connectivity index (χ4n) is 3.07. The number of nitrogens with one attached hydrogen (secondary N) is 3. The number of hydrogen-bond donors (Lipinski definition) is 4. The van der Waals surface area contributed by atoms with E-state index in [1.807, 2.05) is 18.2 Å². The average molecular weight is 419 g/mol. The van der Waals surface area contributed by atoms with Gasteiger partial charge in [-0.05, 0) is 62.8 Å². The fraction of sp³-hybridized carbons (Fsp3) is 0.476. The van der Waals surface area contributed by atoms with E-state index in [9.17, 15) is 13.5 Å². The predicted octanol–water partition coefficient (Wildman–Crippen LogP) is 2.38. The smallest absolute Gasteiger partial charge is 0.299 e. The third kappa shape index (κ3) is 7.40. The minimum absolute atomic E-state index is 0.240. The second-order valence-electron chi connectivity index (χ2n) is 8.34. The van der Waals surface area contributed by atoms with E-state index in [1.54, 1.807) is 30.6 Å². The molecule has 1 atom stereocenters. The van der Waals surface area contributed by atoms with Gasteiger partial charge >= 0.3 is 0 Å². The molecular formula is C21H30N4O3S. The van der Waals surface area contributed by atoms with E-state index in [0.29, 0.717) is 24.7 Å². The lowest BCUT2D eigenvalue weighted by Crippen LogP contribution is -2.43. The van der Waals surface area contributed by atoms with Crippen molar-refractivity contribution in [3.05, 3.63) is 59.9 Å². The summed E-state index contributed by atoms with van der Waals surface area (Å²) in [6.45, 7) is 5.06. The minimum atomic E-state index is -3.53. The molecule has 0 saturated heterocycles. The van der Waals surface area contributed by atoms with Crippen molar-refractivity contribution in [1.82, 2.24) is 15.0 Å². The van der Waals surface area contributed by atoms with Crippen LogP contribution in [0.3, 0.4) is 0 Å². The molecule has 1 aliphatic carbocycles. The van der Waals surface area contributed by atoms with Crippen molar-refractivity contribution in [3.8, 4) is 0 Å². The van der Waals surface area contributed by atoms with Gasteiger partial charge in [-0.2, -0.15) is 13.1 Å². The minimum Gasteiger partial charge on any atom is -0.387 e. The Kier molecular flexibility index (Phi) is 6.89. The molecule has 3 rings (SSSR count). The summed E-state index contributed by atoms with van der Waals surface area (Å²) in [7, 11) is -3.53. The van der Waals surface area contributed by atoms with Crippen LogP contribution in [0.25, 0.3) is 0 Å². The van der Waals surface area contributed by atoms with Crippen molar-refractivity contribution in [2.45, 2.75) is 44.8 Å². The molecule has 1 aromatic heterocycles. The zero-order chi connectivity index (χ0) is 20.9. The van der Waals surface area contributed by atoms with Gasteiger partial charge in [0.15, 0.2) is 0 Å². The molecule has 0 spiro atoms. The second-order valence-corrected chi connectivity index (χ2v) is 9.84. The van der Waals surface area contributed by atoms with Crippen molar-refractivity contribution >= 4 is 15.9 Å². The SMILES string of the molecule is CC(C)(Cc1ccc(NS(=O)(=O)NCC2CC2)cc1)NC[C@H](O)c1cccnc1. The van der Waals surface area contributed by atoms with Gasteiger partial charge in [-0.3, -0.25) is 9.71 Å². The summed E-state index contributed by atoms with van der Waals surface area (Å²) < 4.78 is 29.2. The summed E-state index contributed by atoms with van der Waals surface area (Å²) in [4.78, 5) is 4.03. The van der Waals surface area contributed by atoms with Gasteiger partial charge in [0, 0.05) is 42.3 Å². The Labute approximate surface area is 173 Å². The van der Waals surface area contributed by atoms with E-state index in [-0.39, 0.29) is 5.54 Å². The van der Waals surface area contributed by atoms with Crippen molar-refractivity contribution in [3.63, 3.8) is 0 Å². The Hall–Kier alpha value is -2.00. The molecule has 0 amide bonds. The highest BCUT2D eigenvalue weighted by atomic mass is 32.2. The molecule has 4 N–H and O–H groups in total. The molecule has 2 aromatic rings. The van der Waals surface area contributed by atoms with Gasteiger partial charge in [-0.1, -0.05) is 18.2 Å². The zero-order valence-corrected chi connectivity index (χ0v) is 17.7. The van der Waals surface area contributed by atoms with Gasteiger partial charge in [0.05, 0.1) is 6.10 Å². The number of benzene rings is 1. The monoisotopic (exact) mass is 418 g/mol. The lowest BCUT2D eigenvalue weighted by atomic mass is 9.94. The lowest BCUT2D eigenvalue weighted by molar-refractivity contribution is 0.160. The largest absolute Gasteiger partial charge is 0.387 e. The summed E-state index contributed by atoms with van der Waals surface area (Å²) in [6.07, 6.45) is 5.65. The van der Waals surface area contributed by atoms with Crippen molar-refractivity contribution in [1.29, 1.82) is 0 Å². The van der Waals surface area contributed by atoms with E-state index in [4.69, 9.17) is 0 Å². The highest BCUT2D eigenvalue weighted by Crippen LogP contribution is 2.27. The maximum atomic E-state index is 12.1. The van der Waals surface area contributed by atoms with Crippen LogP contribution in [0.4, 0.5) is 5.69 Å². The normalized spacial score (nSPS) is 15.8. The summed E-state index contributed by atoms with van der Waals surface area (Å²) >= 11 is 0. The van der Waals surface area contributed by atoms with E-state index in [1.165, 1.54) is 0 Å². The molecule has 7 nitrogen and oxygen atoms in total. The number of aliphatic hydroxyl groups excluding tert-OH is 1. The molecule has 0 radical (unpaired) electrons. The Balaban J connectivity index is 1.49. The number of anilines is 1. The van der Waals surface area contributed by atoms with Crippen molar-refractivity contribution < 1.29 is 13.5 Å². The zero-order valence-electron chi connectivity index (χ0n) is 16.9. The van der Waals surface area contributed by atoms with E-state index in [2.05, 4.69) is 33.6 Å². The molecular weight excluding hydrogens is 388 g/mol. The standard InChI is InChI=1S/C21H30N4O3S/c1-21(2,23-15-20(26)18-4-3-11-22-14-18)12-16-7-9-19(10-8-16)25-29(27,28)24-13-17-5-6-17/h3-4,7-11,14,17,20,23-26H,5-6,12-13,15H2,1-2H3/t20-/m0/s1. The van der Waals surface area contributed by atoms with Gasteiger partial charge in [0.1, 0.15) is 0 Å². The molecule has 8 heteroatoms. The maximum absolute atomic E-state index is 12.1. The predicted molar refractivity (Wildman–Crippen MR) is 115 cm³/mol. The van der Waals surface area contributed by atoms with E-state index >= 15 is 0 Å². The number of β-amino-alcohol motifs (C(OH)–C–C–N with tert-alkyl or cyclic N) is 1. The summed E-state index contributed by atoms with van der Waals surface area (Å²) in [5, 5.41) is 13.7. The van der Waals surface area contributed by atoms with Crippen LogP contribution < -0.4 is 14.8 Å². The number of pyridine rings is 1. The molecule has 29 heavy (non-hydrogen) atoms. The van der Waals surface area contributed by atoms with Crippen molar-refractivity contribution in [2.24, 2.45) is 5.92 Å². The van der Waals surface area contributed by atoms with Crippen LogP contribution in [0.5, 0.6) is 0 Å². The van der Waals surface area contributed by atoms with Crippen LogP contribution in [0.15, 0.2) is 48.8 Å². The van der Waals surface area contributed by atoms with E-state index in [0.717, 1.165) is 30.4 Å². The molecule has 0 aliphatic heterocycles. The Morgan fingerprint density at radius 1 is 1.21 bits per heavy atom. The van der Waals surface area contributed by atoms with Crippen molar-refractivity contribution in [2.75, 3.05) is 17.8 Å². The average Bonchev–Trinajstić information content (AvgIpc) is 3.51. The first-order valence-corrected chi connectivity index (χ1v) is 11.4. The van der Waals surface area contributed by atoms with Crippen LogP contribution in [0.2, 0.25) is 0 Å². The quantitative estimate of drug-likeness (QED) is 0.449. The molecule has 1 aliphatic rings. The fourth-order valence-corrected chi connectivity index (χ4v) is 4.04.